The number of aryl methyl sites for hydroxylation is 1. The summed E-state index contributed by atoms with van der Waals surface area (Å²) in [5.41, 5.74) is 2.18. The minimum absolute atomic E-state index is 0.166. The summed E-state index contributed by atoms with van der Waals surface area (Å²) in [5.74, 6) is -0.171. The Balaban J connectivity index is 2.13. The molecular formula is C16H18ClN3O. The number of rotatable bonds is 5. The van der Waals surface area contributed by atoms with Crippen LogP contribution in [0, 0.1) is 0 Å². The SMILES string of the molecule is CCCc1cc(C(=O)NC(C)c2ccccn2)cc(Cl)n1. The number of halogens is 1. The third-order valence-corrected chi connectivity index (χ3v) is 3.29. The average molecular weight is 304 g/mol. The summed E-state index contributed by atoms with van der Waals surface area (Å²) in [4.78, 5) is 20.8. The smallest absolute Gasteiger partial charge is 0.251 e. The van der Waals surface area contributed by atoms with Crippen molar-refractivity contribution in [2.45, 2.75) is 32.7 Å². The van der Waals surface area contributed by atoms with Crippen LogP contribution in [-0.4, -0.2) is 15.9 Å². The first-order valence-electron chi connectivity index (χ1n) is 6.98. The summed E-state index contributed by atoms with van der Waals surface area (Å²) >= 11 is 5.98. The van der Waals surface area contributed by atoms with E-state index in [4.69, 9.17) is 11.6 Å². The van der Waals surface area contributed by atoms with Crippen LogP contribution >= 0.6 is 11.6 Å². The minimum atomic E-state index is -0.171. The average Bonchev–Trinajstić information content (AvgIpc) is 2.48. The van der Waals surface area contributed by atoms with E-state index in [1.54, 1.807) is 18.3 Å². The van der Waals surface area contributed by atoms with Crippen LogP contribution in [0.5, 0.6) is 0 Å². The predicted molar refractivity (Wildman–Crippen MR) is 83.4 cm³/mol. The molecule has 0 radical (unpaired) electrons. The Bertz CT molecular complexity index is 616. The second-order valence-electron chi connectivity index (χ2n) is 4.87. The fraction of sp³-hybridized carbons (Fsp3) is 0.312. The maximum absolute atomic E-state index is 12.3. The summed E-state index contributed by atoms with van der Waals surface area (Å²) in [6.45, 7) is 3.96. The molecule has 0 bridgehead atoms. The Kier molecular flexibility index (Phi) is 5.28. The van der Waals surface area contributed by atoms with Crippen molar-refractivity contribution in [1.29, 1.82) is 0 Å². The van der Waals surface area contributed by atoms with E-state index in [9.17, 15) is 4.79 Å². The van der Waals surface area contributed by atoms with Gasteiger partial charge in [0, 0.05) is 17.5 Å². The molecule has 5 heteroatoms. The molecule has 4 nitrogen and oxygen atoms in total. The van der Waals surface area contributed by atoms with Gasteiger partial charge in [-0.25, -0.2) is 4.98 Å². The van der Waals surface area contributed by atoms with Gasteiger partial charge in [0.15, 0.2) is 0 Å². The molecule has 0 aromatic carbocycles. The van der Waals surface area contributed by atoms with Gasteiger partial charge in [0.2, 0.25) is 0 Å². The van der Waals surface area contributed by atoms with Gasteiger partial charge in [-0.2, -0.15) is 0 Å². The molecule has 0 saturated carbocycles. The molecule has 2 aromatic heterocycles. The van der Waals surface area contributed by atoms with Crippen LogP contribution < -0.4 is 5.32 Å². The van der Waals surface area contributed by atoms with Crippen molar-refractivity contribution >= 4 is 17.5 Å². The summed E-state index contributed by atoms with van der Waals surface area (Å²) in [6.07, 6.45) is 3.47. The fourth-order valence-corrected chi connectivity index (χ4v) is 2.28. The molecule has 2 rings (SSSR count). The molecular weight excluding hydrogens is 286 g/mol. The van der Waals surface area contributed by atoms with E-state index in [0.717, 1.165) is 24.2 Å². The highest BCUT2D eigenvalue weighted by molar-refractivity contribution is 6.29. The molecule has 2 heterocycles. The summed E-state index contributed by atoms with van der Waals surface area (Å²) in [6, 6.07) is 8.83. The molecule has 110 valence electrons. The van der Waals surface area contributed by atoms with E-state index in [-0.39, 0.29) is 11.9 Å². The fourth-order valence-electron chi connectivity index (χ4n) is 2.05. The minimum Gasteiger partial charge on any atom is -0.344 e. The molecule has 0 saturated heterocycles. The Morgan fingerprint density at radius 3 is 2.86 bits per heavy atom. The molecule has 1 amide bonds. The summed E-state index contributed by atoms with van der Waals surface area (Å²) in [7, 11) is 0. The second-order valence-corrected chi connectivity index (χ2v) is 5.26. The molecule has 21 heavy (non-hydrogen) atoms. The Hall–Kier alpha value is -1.94. The van der Waals surface area contributed by atoms with E-state index in [1.807, 2.05) is 25.1 Å². The van der Waals surface area contributed by atoms with Crippen molar-refractivity contribution in [3.05, 3.63) is 58.6 Å². The van der Waals surface area contributed by atoms with Crippen LogP contribution in [0.15, 0.2) is 36.5 Å². The Morgan fingerprint density at radius 1 is 1.38 bits per heavy atom. The van der Waals surface area contributed by atoms with Crippen molar-refractivity contribution in [3.8, 4) is 0 Å². The zero-order valence-electron chi connectivity index (χ0n) is 12.1. The van der Waals surface area contributed by atoms with Gasteiger partial charge in [0.05, 0.1) is 11.7 Å². The van der Waals surface area contributed by atoms with Gasteiger partial charge >= 0.3 is 0 Å². The van der Waals surface area contributed by atoms with Crippen LogP contribution in [0.4, 0.5) is 0 Å². The van der Waals surface area contributed by atoms with Gasteiger partial charge in [-0.05, 0) is 37.6 Å². The van der Waals surface area contributed by atoms with Crippen LogP contribution in [0.1, 0.15) is 48.1 Å². The Labute approximate surface area is 129 Å². The number of hydrogen-bond donors (Lipinski definition) is 1. The highest BCUT2D eigenvalue weighted by Crippen LogP contribution is 2.14. The van der Waals surface area contributed by atoms with Crippen molar-refractivity contribution in [2.75, 3.05) is 0 Å². The third-order valence-electron chi connectivity index (χ3n) is 3.09. The Morgan fingerprint density at radius 2 is 2.19 bits per heavy atom. The number of hydrogen-bond acceptors (Lipinski definition) is 3. The second kappa shape index (κ2) is 7.18. The van der Waals surface area contributed by atoms with E-state index >= 15 is 0 Å². The molecule has 0 fully saturated rings. The number of carbonyl (C=O) groups excluding carboxylic acids is 1. The number of nitrogens with zero attached hydrogens (tertiary/aromatic N) is 2. The molecule has 0 spiro atoms. The molecule has 0 aliphatic carbocycles. The standard InChI is InChI=1S/C16H18ClN3O/c1-3-6-13-9-12(10-15(17)20-13)16(21)19-11(2)14-7-4-5-8-18-14/h4-5,7-11H,3,6H2,1-2H3,(H,19,21). The number of nitrogens with one attached hydrogen (secondary N) is 1. The van der Waals surface area contributed by atoms with E-state index < -0.39 is 0 Å². The first-order valence-corrected chi connectivity index (χ1v) is 7.36. The maximum Gasteiger partial charge on any atom is 0.251 e. The van der Waals surface area contributed by atoms with Gasteiger partial charge in [-0.15, -0.1) is 0 Å². The molecule has 0 aliphatic heterocycles. The van der Waals surface area contributed by atoms with E-state index in [2.05, 4.69) is 22.2 Å². The van der Waals surface area contributed by atoms with Crippen molar-refractivity contribution in [2.24, 2.45) is 0 Å². The van der Waals surface area contributed by atoms with Gasteiger partial charge in [0.25, 0.3) is 5.91 Å². The zero-order chi connectivity index (χ0) is 15.2. The topological polar surface area (TPSA) is 54.9 Å². The summed E-state index contributed by atoms with van der Waals surface area (Å²) in [5, 5.41) is 3.27. The summed E-state index contributed by atoms with van der Waals surface area (Å²) < 4.78 is 0. The highest BCUT2D eigenvalue weighted by atomic mass is 35.5. The molecule has 1 atom stereocenters. The predicted octanol–water partition coefficient (Wildman–Crippen LogP) is 3.57. The maximum atomic E-state index is 12.3. The van der Waals surface area contributed by atoms with Crippen molar-refractivity contribution < 1.29 is 4.79 Å². The number of carbonyl (C=O) groups is 1. The normalized spacial score (nSPS) is 12.0. The van der Waals surface area contributed by atoms with Crippen molar-refractivity contribution in [1.82, 2.24) is 15.3 Å². The van der Waals surface area contributed by atoms with Crippen LogP contribution in [0.25, 0.3) is 0 Å². The quantitative estimate of drug-likeness (QED) is 0.859. The van der Waals surface area contributed by atoms with Gasteiger partial charge in [-0.3, -0.25) is 9.78 Å². The van der Waals surface area contributed by atoms with Crippen LogP contribution in [-0.2, 0) is 6.42 Å². The first-order chi connectivity index (χ1) is 10.1. The lowest BCUT2D eigenvalue weighted by Gasteiger charge is -2.13. The number of amides is 1. The van der Waals surface area contributed by atoms with Crippen molar-refractivity contribution in [3.63, 3.8) is 0 Å². The van der Waals surface area contributed by atoms with E-state index in [1.165, 1.54) is 0 Å². The zero-order valence-corrected chi connectivity index (χ0v) is 12.9. The molecule has 1 unspecified atom stereocenters. The number of pyridine rings is 2. The third kappa shape index (κ3) is 4.26. The first kappa shape index (κ1) is 15.4. The van der Waals surface area contributed by atoms with E-state index in [0.29, 0.717) is 10.7 Å². The molecule has 2 aromatic rings. The van der Waals surface area contributed by atoms with Gasteiger partial charge < -0.3 is 5.32 Å². The van der Waals surface area contributed by atoms with Crippen LogP contribution in [0.2, 0.25) is 5.15 Å². The lowest BCUT2D eigenvalue weighted by molar-refractivity contribution is 0.0939. The molecule has 1 N–H and O–H groups in total. The number of aromatic nitrogens is 2. The highest BCUT2D eigenvalue weighted by Gasteiger charge is 2.13. The van der Waals surface area contributed by atoms with Gasteiger partial charge in [-0.1, -0.05) is 31.0 Å². The lowest BCUT2D eigenvalue weighted by Crippen LogP contribution is -2.27. The monoisotopic (exact) mass is 303 g/mol. The molecule has 0 aliphatic rings. The van der Waals surface area contributed by atoms with Gasteiger partial charge in [0.1, 0.15) is 5.15 Å². The lowest BCUT2D eigenvalue weighted by atomic mass is 10.1. The van der Waals surface area contributed by atoms with Crippen LogP contribution in [0.3, 0.4) is 0 Å². The largest absolute Gasteiger partial charge is 0.344 e.